The van der Waals surface area contributed by atoms with Crippen molar-refractivity contribution in [2.45, 2.75) is 26.8 Å². The van der Waals surface area contributed by atoms with Crippen LogP contribution in [0.25, 0.3) is 0 Å². The minimum atomic E-state index is 0. The van der Waals surface area contributed by atoms with E-state index in [0.717, 1.165) is 44.2 Å². The van der Waals surface area contributed by atoms with Gasteiger partial charge in [0.25, 0.3) is 0 Å². The lowest BCUT2D eigenvalue weighted by molar-refractivity contribution is 0.157. The number of hydrogen-bond donors (Lipinski definition) is 1. The molecule has 2 rings (SSSR count). The molecule has 0 spiro atoms. The number of likely N-dealkylation sites (tertiary alicyclic amines) is 1. The summed E-state index contributed by atoms with van der Waals surface area (Å²) in [5.41, 5.74) is 0.985. The Hall–Kier alpha value is -0.930. The average Bonchev–Trinajstić information content (AvgIpc) is 3.09. The van der Waals surface area contributed by atoms with E-state index in [4.69, 9.17) is 30.8 Å². The zero-order chi connectivity index (χ0) is 18.9. The summed E-state index contributed by atoms with van der Waals surface area (Å²) in [4.78, 5) is 7.08. The van der Waals surface area contributed by atoms with Crippen molar-refractivity contribution in [2.75, 3.05) is 47.1 Å². The van der Waals surface area contributed by atoms with Crippen LogP contribution in [0.2, 0.25) is 5.02 Å². The molecule has 6 nitrogen and oxygen atoms in total. The molecule has 27 heavy (non-hydrogen) atoms. The fraction of sp³-hybridized carbons (Fsp3) is 0.632. The first-order valence-corrected chi connectivity index (χ1v) is 9.52. The summed E-state index contributed by atoms with van der Waals surface area (Å²) in [6, 6.07) is 3.82. The molecular formula is C19H31ClIN3O3. The van der Waals surface area contributed by atoms with Crippen LogP contribution < -0.4 is 14.8 Å². The molecule has 0 aromatic heterocycles. The molecule has 1 saturated heterocycles. The number of aliphatic imine (C=N–C) groups is 1. The summed E-state index contributed by atoms with van der Waals surface area (Å²) in [6.45, 7) is 8.64. The van der Waals surface area contributed by atoms with E-state index in [-0.39, 0.29) is 24.0 Å². The molecule has 1 fully saturated rings. The van der Waals surface area contributed by atoms with Crippen LogP contribution >= 0.6 is 35.6 Å². The molecule has 0 aliphatic carbocycles. The minimum absolute atomic E-state index is 0. The van der Waals surface area contributed by atoms with Gasteiger partial charge in [-0.05, 0) is 38.0 Å². The summed E-state index contributed by atoms with van der Waals surface area (Å²) < 4.78 is 16.3. The van der Waals surface area contributed by atoms with Gasteiger partial charge in [-0.25, -0.2) is 4.99 Å². The van der Waals surface area contributed by atoms with Gasteiger partial charge in [-0.3, -0.25) is 0 Å². The maximum atomic E-state index is 6.36. The third kappa shape index (κ3) is 6.87. The number of benzene rings is 1. The summed E-state index contributed by atoms with van der Waals surface area (Å²) in [6.07, 6.45) is 1.13. The number of nitrogens with zero attached hydrogens (tertiary/aromatic N) is 2. The highest BCUT2D eigenvalue weighted by atomic mass is 127. The summed E-state index contributed by atoms with van der Waals surface area (Å²) in [5.74, 6) is 2.70. The van der Waals surface area contributed by atoms with Gasteiger partial charge in [-0.2, -0.15) is 0 Å². The fourth-order valence-electron chi connectivity index (χ4n) is 3.14. The maximum absolute atomic E-state index is 6.36. The number of halogens is 2. The third-order valence-corrected chi connectivity index (χ3v) is 4.59. The Balaban J connectivity index is 0.00000364. The molecule has 154 valence electrons. The van der Waals surface area contributed by atoms with Gasteiger partial charge >= 0.3 is 0 Å². The molecule has 1 aliphatic rings. The van der Waals surface area contributed by atoms with Crippen molar-refractivity contribution in [2.24, 2.45) is 10.9 Å². The monoisotopic (exact) mass is 511 g/mol. The largest absolute Gasteiger partial charge is 0.493 e. The molecule has 0 bridgehead atoms. The summed E-state index contributed by atoms with van der Waals surface area (Å²) >= 11 is 6.36. The molecule has 1 heterocycles. The smallest absolute Gasteiger partial charge is 0.194 e. The van der Waals surface area contributed by atoms with E-state index in [1.54, 1.807) is 14.2 Å². The van der Waals surface area contributed by atoms with Crippen LogP contribution in [0.15, 0.2) is 17.1 Å². The van der Waals surface area contributed by atoms with Crippen LogP contribution in [0, 0.1) is 5.92 Å². The highest BCUT2D eigenvalue weighted by molar-refractivity contribution is 14.0. The second kappa shape index (κ2) is 12.5. The van der Waals surface area contributed by atoms with E-state index >= 15 is 0 Å². The molecule has 1 aliphatic heterocycles. The molecule has 1 aromatic carbocycles. The minimum Gasteiger partial charge on any atom is -0.493 e. The first kappa shape index (κ1) is 24.1. The Labute approximate surface area is 184 Å². The van der Waals surface area contributed by atoms with E-state index in [1.165, 1.54) is 0 Å². The van der Waals surface area contributed by atoms with E-state index in [2.05, 4.69) is 17.1 Å². The Morgan fingerprint density at radius 2 is 2.11 bits per heavy atom. The topological polar surface area (TPSA) is 55.3 Å². The molecule has 0 saturated carbocycles. The van der Waals surface area contributed by atoms with E-state index in [1.807, 2.05) is 19.1 Å². The SMILES string of the molecule is CCNC(=NCc1cc(Cl)c(OCC)c(OC)c1)N1CCC(COC)C1.I. The summed E-state index contributed by atoms with van der Waals surface area (Å²) in [5, 5.41) is 3.92. The van der Waals surface area contributed by atoms with E-state index in [0.29, 0.717) is 35.6 Å². The van der Waals surface area contributed by atoms with Crippen molar-refractivity contribution in [1.82, 2.24) is 10.2 Å². The van der Waals surface area contributed by atoms with Crippen LogP contribution in [0.5, 0.6) is 11.5 Å². The number of hydrogen-bond acceptors (Lipinski definition) is 4. The van der Waals surface area contributed by atoms with Gasteiger partial charge in [0.15, 0.2) is 17.5 Å². The molecule has 1 atom stereocenters. The highest BCUT2D eigenvalue weighted by Gasteiger charge is 2.24. The van der Waals surface area contributed by atoms with Crippen molar-refractivity contribution in [3.05, 3.63) is 22.7 Å². The zero-order valence-electron chi connectivity index (χ0n) is 16.6. The lowest BCUT2D eigenvalue weighted by Crippen LogP contribution is -2.40. The third-order valence-electron chi connectivity index (χ3n) is 4.31. The van der Waals surface area contributed by atoms with Crippen LogP contribution in [-0.2, 0) is 11.3 Å². The van der Waals surface area contributed by atoms with E-state index in [9.17, 15) is 0 Å². The van der Waals surface area contributed by atoms with Gasteiger partial charge in [-0.15, -0.1) is 24.0 Å². The quantitative estimate of drug-likeness (QED) is 0.327. The second-order valence-corrected chi connectivity index (χ2v) is 6.68. The van der Waals surface area contributed by atoms with Gasteiger partial charge in [-0.1, -0.05) is 11.6 Å². The van der Waals surface area contributed by atoms with Crippen molar-refractivity contribution >= 4 is 41.5 Å². The lowest BCUT2D eigenvalue weighted by atomic mass is 10.1. The first-order chi connectivity index (χ1) is 12.6. The predicted molar refractivity (Wildman–Crippen MR) is 121 cm³/mol. The number of rotatable bonds is 8. The number of methoxy groups -OCH3 is 2. The van der Waals surface area contributed by atoms with Crippen molar-refractivity contribution in [3.8, 4) is 11.5 Å². The molecule has 0 amide bonds. The molecule has 0 radical (unpaired) electrons. The fourth-order valence-corrected chi connectivity index (χ4v) is 3.43. The van der Waals surface area contributed by atoms with Crippen molar-refractivity contribution in [1.29, 1.82) is 0 Å². The van der Waals surface area contributed by atoms with Gasteiger partial charge in [0, 0.05) is 32.7 Å². The Morgan fingerprint density at radius 3 is 2.74 bits per heavy atom. The summed E-state index contributed by atoms with van der Waals surface area (Å²) in [7, 11) is 3.37. The van der Waals surface area contributed by atoms with Gasteiger partial charge in [0.1, 0.15) is 0 Å². The molecule has 1 unspecified atom stereocenters. The van der Waals surface area contributed by atoms with Crippen LogP contribution in [0.1, 0.15) is 25.8 Å². The standard InChI is InChI=1S/C19H30ClN3O3.HI/c1-5-21-19(23-8-7-14(12-23)13-24-3)22-11-15-9-16(20)18(26-6-2)17(10-15)25-4;/h9-10,14H,5-8,11-13H2,1-4H3,(H,21,22);1H. The van der Waals surface area contributed by atoms with Gasteiger partial charge in [0.2, 0.25) is 0 Å². The molecule has 1 N–H and O–H groups in total. The molecule has 8 heteroatoms. The first-order valence-electron chi connectivity index (χ1n) is 9.14. The van der Waals surface area contributed by atoms with Gasteiger partial charge < -0.3 is 24.4 Å². The predicted octanol–water partition coefficient (Wildman–Crippen LogP) is 3.80. The van der Waals surface area contributed by atoms with Crippen LogP contribution in [0.4, 0.5) is 0 Å². The average molecular weight is 512 g/mol. The number of ether oxygens (including phenoxy) is 3. The number of guanidine groups is 1. The normalized spacial score (nSPS) is 16.9. The maximum Gasteiger partial charge on any atom is 0.194 e. The van der Waals surface area contributed by atoms with Crippen molar-refractivity contribution in [3.63, 3.8) is 0 Å². The van der Waals surface area contributed by atoms with Gasteiger partial charge in [0.05, 0.1) is 31.9 Å². The van der Waals surface area contributed by atoms with Crippen LogP contribution in [-0.4, -0.2) is 57.9 Å². The Bertz CT molecular complexity index is 616. The van der Waals surface area contributed by atoms with Crippen molar-refractivity contribution < 1.29 is 14.2 Å². The van der Waals surface area contributed by atoms with Crippen LogP contribution in [0.3, 0.4) is 0 Å². The molecule has 1 aromatic rings. The number of nitrogens with one attached hydrogen (secondary N) is 1. The van der Waals surface area contributed by atoms with E-state index < -0.39 is 0 Å². The Morgan fingerprint density at radius 1 is 1.33 bits per heavy atom. The lowest BCUT2D eigenvalue weighted by Gasteiger charge is -2.21. The zero-order valence-corrected chi connectivity index (χ0v) is 19.7. The second-order valence-electron chi connectivity index (χ2n) is 6.27. The highest BCUT2D eigenvalue weighted by Crippen LogP contribution is 2.36. The Kier molecular flexibility index (Phi) is 11.2. The molecular weight excluding hydrogens is 481 g/mol.